The number of aliphatic imine (C=N–C) groups is 1. The molecule has 0 aromatic carbocycles. The summed E-state index contributed by atoms with van der Waals surface area (Å²) in [4.78, 5) is 13.0. The van der Waals surface area contributed by atoms with E-state index in [2.05, 4.69) is 53.5 Å². The average Bonchev–Trinajstić information content (AvgIpc) is 3.21. The van der Waals surface area contributed by atoms with Gasteiger partial charge in [0.2, 0.25) is 0 Å². The van der Waals surface area contributed by atoms with Crippen molar-refractivity contribution in [1.29, 1.82) is 0 Å². The summed E-state index contributed by atoms with van der Waals surface area (Å²) in [5, 5.41) is 8.84. The van der Waals surface area contributed by atoms with E-state index in [-0.39, 0.29) is 24.0 Å². The number of aromatic nitrogens is 2. The van der Waals surface area contributed by atoms with Crippen molar-refractivity contribution < 1.29 is 0 Å². The molecule has 0 aliphatic carbocycles. The first-order chi connectivity index (χ1) is 11.6. The SMILES string of the molecule is CCNC(=NCc1cn2ccsc2n1)NC(C)Cc1ccc(C)s1.I. The van der Waals surface area contributed by atoms with Crippen molar-refractivity contribution in [2.45, 2.75) is 39.8 Å². The van der Waals surface area contributed by atoms with Crippen LogP contribution in [0.5, 0.6) is 0 Å². The third-order valence-corrected chi connectivity index (χ3v) is 5.37. The zero-order chi connectivity index (χ0) is 16.9. The maximum Gasteiger partial charge on any atom is 0.193 e. The highest BCUT2D eigenvalue weighted by molar-refractivity contribution is 14.0. The lowest BCUT2D eigenvalue weighted by Gasteiger charge is -2.17. The zero-order valence-electron chi connectivity index (χ0n) is 14.7. The van der Waals surface area contributed by atoms with Gasteiger partial charge in [0.05, 0.1) is 12.2 Å². The van der Waals surface area contributed by atoms with Gasteiger partial charge in [-0.25, -0.2) is 9.98 Å². The minimum absolute atomic E-state index is 0. The molecule has 0 amide bonds. The van der Waals surface area contributed by atoms with E-state index in [0.717, 1.165) is 29.6 Å². The van der Waals surface area contributed by atoms with Crippen molar-refractivity contribution in [3.8, 4) is 0 Å². The highest BCUT2D eigenvalue weighted by Crippen LogP contribution is 2.16. The molecule has 1 unspecified atom stereocenters. The van der Waals surface area contributed by atoms with E-state index in [1.165, 1.54) is 9.75 Å². The summed E-state index contributed by atoms with van der Waals surface area (Å²) in [6.45, 7) is 7.84. The van der Waals surface area contributed by atoms with Crippen LogP contribution in [0.1, 0.15) is 29.3 Å². The lowest BCUT2D eigenvalue weighted by Crippen LogP contribution is -2.43. The van der Waals surface area contributed by atoms with E-state index in [1.54, 1.807) is 11.3 Å². The molecule has 0 bridgehead atoms. The third-order valence-electron chi connectivity index (χ3n) is 3.57. The van der Waals surface area contributed by atoms with Crippen LogP contribution in [0.25, 0.3) is 4.96 Å². The van der Waals surface area contributed by atoms with Crippen LogP contribution in [0.15, 0.2) is 34.9 Å². The molecule has 3 aromatic rings. The number of hydrogen-bond acceptors (Lipinski definition) is 4. The van der Waals surface area contributed by atoms with Gasteiger partial charge in [-0.1, -0.05) is 0 Å². The number of thiophene rings is 1. The van der Waals surface area contributed by atoms with Crippen molar-refractivity contribution in [2.24, 2.45) is 4.99 Å². The first-order valence-corrected chi connectivity index (χ1v) is 9.85. The molecule has 0 aliphatic heterocycles. The minimum atomic E-state index is 0. The summed E-state index contributed by atoms with van der Waals surface area (Å²) in [5.74, 6) is 0.842. The van der Waals surface area contributed by atoms with Gasteiger partial charge in [-0.05, 0) is 32.9 Å². The molecule has 0 saturated carbocycles. The Morgan fingerprint density at radius 2 is 2.24 bits per heavy atom. The number of halogens is 1. The Kier molecular flexibility index (Phi) is 7.70. The maximum atomic E-state index is 4.67. The van der Waals surface area contributed by atoms with Crippen LogP contribution in [0.3, 0.4) is 0 Å². The van der Waals surface area contributed by atoms with Crippen LogP contribution >= 0.6 is 46.7 Å². The van der Waals surface area contributed by atoms with Gasteiger partial charge in [0.1, 0.15) is 0 Å². The fraction of sp³-hybridized carbons (Fsp3) is 0.412. The number of guanidine groups is 1. The van der Waals surface area contributed by atoms with Crippen LogP contribution in [-0.4, -0.2) is 27.9 Å². The molecule has 0 spiro atoms. The summed E-state index contributed by atoms with van der Waals surface area (Å²) in [6, 6.07) is 4.71. The van der Waals surface area contributed by atoms with E-state index in [9.17, 15) is 0 Å². The van der Waals surface area contributed by atoms with Gasteiger partial charge in [0.15, 0.2) is 10.9 Å². The van der Waals surface area contributed by atoms with Gasteiger partial charge in [-0.2, -0.15) is 0 Å². The second-order valence-corrected chi connectivity index (χ2v) is 8.03. The first-order valence-electron chi connectivity index (χ1n) is 8.15. The third kappa shape index (κ3) is 5.68. The highest BCUT2D eigenvalue weighted by Gasteiger charge is 2.08. The normalized spacial score (nSPS) is 12.8. The number of thiazole rings is 1. The Morgan fingerprint density at radius 1 is 1.40 bits per heavy atom. The van der Waals surface area contributed by atoms with Crippen LogP contribution in [0.4, 0.5) is 0 Å². The van der Waals surface area contributed by atoms with E-state index in [0.29, 0.717) is 12.6 Å². The van der Waals surface area contributed by atoms with Crippen molar-refractivity contribution in [3.63, 3.8) is 0 Å². The number of nitrogens with zero attached hydrogens (tertiary/aromatic N) is 3. The van der Waals surface area contributed by atoms with E-state index >= 15 is 0 Å². The quantitative estimate of drug-likeness (QED) is 0.312. The molecule has 5 nitrogen and oxygen atoms in total. The maximum absolute atomic E-state index is 4.67. The van der Waals surface area contributed by atoms with E-state index in [1.807, 2.05) is 33.5 Å². The molecule has 3 heterocycles. The van der Waals surface area contributed by atoms with Crippen molar-refractivity contribution in [2.75, 3.05) is 6.54 Å². The molecule has 0 radical (unpaired) electrons. The lowest BCUT2D eigenvalue weighted by atomic mass is 10.2. The van der Waals surface area contributed by atoms with Crippen LogP contribution in [-0.2, 0) is 13.0 Å². The lowest BCUT2D eigenvalue weighted by molar-refractivity contribution is 0.645. The zero-order valence-corrected chi connectivity index (χ0v) is 18.6. The molecule has 1 atom stereocenters. The van der Waals surface area contributed by atoms with E-state index in [4.69, 9.17) is 0 Å². The predicted molar refractivity (Wildman–Crippen MR) is 119 cm³/mol. The second-order valence-electron chi connectivity index (χ2n) is 5.78. The number of imidazole rings is 1. The molecule has 25 heavy (non-hydrogen) atoms. The molecule has 3 rings (SSSR count). The number of nitrogens with one attached hydrogen (secondary N) is 2. The van der Waals surface area contributed by atoms with Crippen molar-refractivity contribution in [3.05, 3.63) is 45.4 Å². The number of hydrogen-bond donors (Lipinski definition) is 2. The summed E-state index contributed by atoms with van der Waals surface area (Å²) >= 11 is 3.50. The molecular formula is C17H24IN5S2. The first kappa shape index (κ1) is 20.2. The molecule has 8 heteroatoms. The Balaban J connectivity index is 0.00000225. The van der Waals surface area contributed by atoms with Gasteiger partial charge < -0.3 is 10.6 Å². The summed E-state index contributed by atoms with van der Waals surface area (Å²) in [6.07, 6.45) is 5.06. The molecule has 0 fully saturated rings. The van der Waals surface area contributed by atoms with Crippen LogP contribution < -0.4 is 10.6 Å². The molecule has 3 aromatic heterocycles. The standard InChI is InChI=1S/C17H23N5S2.HI/c1-4-18-16(20-12(2)9-15-6-5-13(3)24-15)19-10-14-11-22-7-8-23-17(22)21-14;/h5-8,11-12H,4,9-10H2,1-3H3,(H2,18,19,20);1H. The average molecular weight is 489 g/mol. The smallest absolute Gasteiger partial charge is 0.193 e. The van der Waals surface area contributed by atoms with Crippen molar-refractivity contribution in [1.82, 2.24) is 20.0 Å². The Morgan fingerprint density at radius 3 is 2.92 bits per heavy atom. The van der Waals surface area contributed by atoms with E-state index < -0.39 is 0 Å². The number of aryl methyl sites for hydroxylation is 1. The summed E-state index contributed by atoms with van der Waals surface area (Å²) < 4.78 is 2.04. The Bertz CT molecular complexity index is 791. The second kappa shape index (κ2) is 9.54. The highest BCUT2D eigenvalue weighted by atomic mass is 127. The van der Waals surface area contributed by atoms with Crippen LogP contribution in [0, 0.1) is 6.92 Å². The topological polar surface area (TPSA) is 53.7 Å². The largest absolute Gasteiger partial charge is 0.357 e. The van der Waals surface area contributed by atoms with Gasteiger partial charge in [-0.3, -0.25) is 4.40 Å². The molecule has 0 aliphatic rings. The summed E-state index contributed by atoms with van der Waals surface area (Å²) in [5.41, 5.74) is 0.987. The fourth-order valence-electron chi connectivity index (χ4n) is 2.51. The van der Waals surface area contributed by atoms with Gasteiger partial charge in [0.25, 0.3) is 0 Å². The Labute approximate surface area is 173 Å². The molecule has 2 N–H and O–H groups in total. The molecule has 136 valence electrons. The van der Waals surface area contributed by atoms with Crippen LogP contribution in [0.2, 0.25) is 0 Å². The fourth-order valence-corrected chi connectivity index (χ4v) is 4.25. The number of fused-ring (bicyclic) bond motifs is 1. The van der Waals surface area contributed by atoms with Gasteiger partial charge in [-0.15, -0.1) is 46.7 Å². The summed E-state index contributed by atoms with van der Waals surface area (Å²) in [7, 11) is 0. The molecular weight excluding hydrogens is 465 g/mol. The number of rotatable bonds is 6. The predicted octanol–water partition coefficient (Wildman–Crippen LogP) is 4.07. The van der Waals surface area contributed by atoms with Gasteiger partial charge in [0, 0.05) is 46.5 Å². The Hall–Kier alpha value is -1.13. The van der Waals surface area contributed by atoms with Crippen molar-refractivity contribution >= 4 is 57.6 Å². The molecule has 0 saturated heterocycles. The van der Waals surface area contributed by atoms with Gasteiger partial charge >= 0.3 is 0 Å². The minimum Gasteiger partial charge on any atom is -0.357 e. The monoisotopic (exact) mass is 489 g/mol.